The van der Waals surface area contributed by atoms with Gasteiger partial charge >= 0.3 is 0 Å². The largest absolute Gasteiger partial charge is 0.497 e. The highest BCUT2D eigenvalue weighted by Gasteiger charge is 2.31. The number of methoxy groups -OCH3 is 1. The topological polar surface area (TPSA) is 93.8 Å². The summed E-state index contributed by atoms with van der Waals surface area (Å²) < 4.78 is 16.9. The number of carbonyl (C=O) groups is 1. The zero-order chi connectivity index (χ0) is 22.8. The van der Waals surface area contributed by atoms with Crippen molar-refractivity contribution in [2.24, 2.45) is 0 Å². The minimum Gasteiger partial charge on any atom is -0.497 e. The summed E-state index contributed by atoms with van der Waals surface area (Å²) in [6.07, 6.45) is 1.39. The van der Waals surface area contributed by atoms with Crippen LogP contribution in [-0.2, 0) is 4.74 Å². The van der Waals surface area contributed by atoms with E-state index in [0.29, 0.717) is 37.2 Å². The second-order valence-electron chi connectivity index (χ2n) is 7.85. The van der Waals surface area contributed by atoms with Gasteiger partial charge < -0.3 is 23.7 Å². The number of carbonyl (C=O) groups excluding carboxylic acids is 1. The fourth-order valence-corrected chi connectivity index (χ4v) is 3.71. The number of oxazole rings is 1. The Morgan fingerprint density at radius 2 is 1.94 bits per heavy atom. The normalized spacial score (nSPS) is 16.2. The molecule has 0 bridgehead atoms. The molecule has 0 radical (unpaired) electrons. The first-order chi connectivity index (χ1) is 15.4. The first-order valence-corrected chi connectivity index (χ1v) is 10.4. The summed E-state index contributed by atoms with van der Waals surface area (Å²) in [5.41, 5.74) is 3.12. The van der Waals surface area contributed by atoms with E-state index >= 15 is 0 Å². The second kappa shape index (κ2) is 8.96. The summed E-state index contributed by atoms with van der Waals surface area (Å²) in [4.78, 5) is 30.2. The van der Waals surface area contributed by atoms with Gasteiger partial charge in [0.05, 0.1) is 31.6 Å². The summed E-state index contributed by atoms with van der Waals surface area (Å²) in [6.45, 7) is 4.73. The predicted octanol–water partition coefficient (Wildman–Crippen LogP) is 3.04. The van der Waals surface area contributed by atoms with Gasteiger partial charge in [-0.25, -0.2) is 15.0 Å². The van der Waals surface area contributed by atoms with E-state index in [1.165, 1.54) is 0 Å². The standard InChI is InChI=1S/C23H27N5O4/c1-14-21(32-15(2)25-14)22(29)28-10-11-31-19(13-28)20-18(12-24-23(26-20)27(3)4)16-6-8-17(30-5)9-7-16/h6-9,12,19H,10-11,13H2,1-5H3/t19-/m0/s1. The zero-order valence-corrected chi connectivity index (χ0v) is 19.0. The van der Waals surface area contributed by atoms with Crippen molar-refractivity contribution in [3.05, 3.63) is 53.5 Å². The monoisotopic (exact) mass is 437 g/mol. The third kappa shape index (κ3) is 4.29. The van der Waals surface area contributed by atoms with Crippen LogP contribution in [0.3, 0.4) is 0 Å². The van der Waals surface area contributed by atoms with Crippen LogP contribution in [0.1, 0.15) is 33.9 Å². The van der Waals surface area contributed by atoms with Crippen molar-refractivity contribution in [1.29, 1.82) is 0 Å². The summed E-state index contributed by atoms with van der Waals surface area (Å²) >= 11 is 0. The van der Waals surface area contributed by atoms with Crippen molar-refractivity contribution in [1.82, 2.24) is 19.9 Å². The van der Waals surface area contributed by atoms with Crippen LogP contribution >= 0.6 is 0 Å². The number of benzene rings is 1. The van der Waals surface area contributed by atoms with E-state index in [-0.39, 0.29) is 11.7 Å². The van der Waals surface area contributed by atoms with E-state index in [1.807, 2.05) is 43.3 Å². The third-order valence-electron chi connectivity index (χ3n) is 5.36. The molecule has 3 heterocycles. The molecule has 9 heteroatoms. The van der Waals surface area contributed by atoms with E-state index in [1.54, 1.807) is 32.1 Å². The molecule has 168 valence electrons. The number of amides is 1. The van der Waals surface area contributed by atoms with Gasteiger partial charge in [0.1, 0.15) is 11.9 Å². The van der Waals surface area contributed by atoms with Gasteiger partial charge in [-0.1, -0.05) is 12.1 Å². The van der Waals surface area contributed by atoms with E-state index in [9.17, 15) is 4.79 Å². The Morgan fingerprint density at radius 3 is 2.56 bits per heavy atom. The van der Waals surface area contributed by atoms with Crippen LogP contribution in [0.5, 0.6) is 5.75 Å². The Hall–Kier alpha value is -3.46. The maximum Gasteiger partial charge on any atom is 0.291 e. The number of nitrogens with zero attached hydrogens (tertiary/aromatic N) is 5. The van der Waals surface area contributed by atoms with Crippen molar-refractivity contribution >= 4 is 11.9 Å². The number of rotatable bonds is 5. The molecule has 1 aliphatic heterocycles. The number of aromatic nitrogens is 3. The van der Waals surface area contributed by atoms with Gasteiger partial charge in [-0.05, 0) is 24.6 Å². The Balaban J connectivity index is 1.68. The highest BCUT2D eigenvalue weighted by atomic mass is 16.5. The number of morpholine rings is 1. The van der Waals surface area contributed by atoms with Crippen LogP contribution in [0.25, 0.3) is 11.1 Å². The lowest BCUT2D eigenvalue weighted by Crippen LogP contribution is -2.42. The molecular weight excluding hydrogens is 410 g/mol. The van der Waals surface area contributed by atoms with Crippen LogP contribution in [0, 0.1) is 13.8 Å². The first-order valence-electron chi connectivity index (χ1n) is 10.4. The average molecular weight is 438 g/mol. The SMILES string of the molecule is COc1ccc(-c2cnc(N(C)C)nc2[C@@H]2CN(C(=O)c3oc(C)nc3C)CCO2)cc1. The fraction of sp³-hybridized carbons (Fsp3) is 0.391. The average Bonchev–Trinajstić information content (AvgIpc) is 3.16. The smallest absolute Gasteiger partial charge is 0.291 e. The molecule has 1 aliphatic rings. The van der Waals surface area contributed by atoms with E-state index in [0.717, 1.165) is 22.6 Å². The van der Waals surface area contributed by atoms with Crippen LogP contribution in [0.2, 0.25) is 0 Å². The van der Waals surface area contributed by atoms with Crippen LogP contribution < -0.4 is 9.64 Å². The number of hydrogen-bond acceptors (Lipinski definition) is 8. The summed E-state index contributed by atoms with van der Waals surface area (Å²) in [5, 5.41) is 0. The first kappa shape index (κ1) is 21.8. The van der Waals surface area contributed by atoms with Crippen molar-refractivity contribution in [3.63, 3.8) is 0 Å². The Kier molecular flexibility index (Phi) is 6.09. The van der Waals surface area contributed by atoms with Gasteiger partial charge in [0, 0.05) is 39.3 Å². The Bertz CT molecular complexity index is 1110. The highest BCUT2D eigenvalue weighted by molar-refractivity contribution is 5.92. The van der Waals surface area contributed by atoms with Gasteiger partial charge in [0.2, 0.25) is 11.7 Å². The van der Waals surface area contributed by atoms with E-state index < -0.39 is 6.10 Å². The molecule has 9 nitrogen and oxygen atoms in total. The maximum absolute atomic E-state index is 13.1. The number of anilines is 1. The quantitative estimate of drug-likeness (QED) is 0.601. The van der Waals surface area contributed by atoms with Crippen molar-refractivity contribution in [3.8, 4) is 16.9 Å². The molecule has 0 aliphatic carbocycles. The summed E-state index contributed by atoms with van der Waals surface area (Å²) in [6, 6.07) is 7.71. The van der Waals surface area contributed by atoms with Crippen LogP contribution in [0.15, 0.2) is 34.9 Å². The minimum atomic E-state index is -0.407. The molecule has 0 N–H and O–H groups in total. The second-order valence-corrected chi connectivity index (χ2v) is 7.85. The third-order valence-corrected chi connectivity index (χ3v) is 5.36. The molecule has 0 saturated carbocycles. The number of hydrogen-bond donors (Lipinski definition) is 0. The van der Waals surface area contributed by atoms with Crippen molar-refractivity contribution < 1.29 is 18.7 Å². The molecule has 0 unspecified atom stereocenters. The Morgan fingerprint density at radius 1 is 1.19 bits per heavy atom. The predicted molar refractivity (Wildman–Crippen MR) is 119 cm³/mol. The molecule has 3 aromatic rings. The van der Waals surface area contributed by atoms with E-state index in [4.69, 9.17) is 18.9 Å². The fourth-order valence-electron chi connectivity index (χ4n) is 3.71. The molecule has 2 aromatic heterocycles. The molecule has 1 atom stereocenters. The molecule has 1 saturated heterocycles. The molecule has 1 fully saturated rings. The molecule has 1 amide bonds. The van der Waals surface area contributed by atoms with Gasteiger partial charge in [-0.2, -0.15) is 0 Å². The highest BCUT2D eigenvalue weighted by Crippen LogP contribution is 2.33. The van der Waals surface area contributed by atoms with Gasteiger partial charge in [0.25, 0.3) is 5.91 Å². The summed E-state index contributed by atoms with van der Waals surface area (Å²) in [7, 11) is 5.41. The van der Waals surface area contributed by atoms with Gasteiger partial charge in [-0.3, -0.25) is 4.79 Å². The lowest BCUT2D eigenvalue weighted by molar-refractivity contribution is -0.0254. The molecule has 1 aromatic carbocycles. The maximum atomic E-state index is 13.1. The van der Waals surface area contributed by atoms with Crippen molar-refractivity contribution in [2.75, 3.05) is 45.8 Å². The lowest BCUT2D eigenvalue weighted by atomic mass is 10.0. The molecular formula is C23H27N5O4. The van der Waals surface area contributed by atoms with Crippen molar-refractivity contribution in [2.45, 2.75) is 20.0 Å². The van der Waals surface area contributed by atoms with Gasteiger partial charge in [-0.15, -0.1) is 0 Å². The zero-order valence-electron chi connectivity index (χ0n) is 19.0. The number of ether oxygens (including phenoxy) is 2. The Labute approximate surface area is 187 Å². The van der Waals surface area contributed by atoms with Gasteiger partial charge in [0.15, 0.2) is 5.89 Å². The summed E-state index contributed by atoms with van der Waals surface area (Å²) in [5.74, 6) is 1.90. The molecule has 4 rings (SSSR count). The van der Waals surface area contributed by atoms with Crippen LogP contribution in [-0.4, -0.2) is 66.7 Å². The minimum absolute atomic E-state index is 0.190. The lowest BCUT2D eigenvalue weighted by Gasteiger charge is -2.33. The number of aryl methyl sites for hydroxylation is 2. The molecule has 0 spiro atoms. The molecule has 32 heavy (non-hydrogen) atoms. The van der Waals surface area contributed by atoms with E-state index in [2.05, 4.69) is 9.97 Å². The van der Waals surface area contributed by atoms with Crippen LogP contribution in [0.4, 0.5) is 5.95 Å².